The van der Waals surface area contributed by atoms with Gasteiger partial charge in [-0.05, 0) is 13.8 Å². The lowest BCUT2D eigenvalue weighted by molar-refractivity contribution is 0.122. The van der Waals surface area contributed by atoms with E-state index in [9.17, 15) is 0 Å². The lowest BCUT2D eigenvalue weighted by atomic mass is 10.1. The highest BCUT2D eigenvalue weighted by Gasteiger charge is 2.17. The van der Waals surface area contributed by atoms with Gasteiger partial charge in [0.25, 0.3) is 0 Å². The van der Waals surface area contributed by atoms with Crippen molar-refractivity contribution in [2.75, 3.05) is 31.2 Å². The SMILES string of the molecule is Cc1ccc(-c2nc(N3CCOCC3)sc2C)cc1. The molecule has 0 atom stereocenters. The minimum absolute atomic E-state index is 0.804. The molecule has 1 fully saturated rings. The van der Waals surface area contributed by atoms with Crippen molar-refractivity contribution in [3.05, 3.63) is 34.7 Å². The summed E-state index contributed by atoms with van der Waals surface area (Å²) >= 11 is 1.78. The maximum absolute atomic E-state index is 5.39. The zero-order valence-corrected chi connectivity index (χ0v) is 12.2. The predicted octanol–water partition coefficient (Wildman–Crippen LogP) is 3.26. The van der Waals surface area contributed by atoms with Crippen molar-refractivity contribution in [1.82, 2.24) is 4.98 Å². The van der Waals surface area contributed by atoms with Crippen LogP contribution in [0.15, 0.2) is 24.3 Å². The predicted molar refractivity (Wildman–Crippen MR) is 80.1 cm³/mol. The monoisotopic (exact) mass is 274 g/mol. The van der Waals surface area contributed by atoms with E-state index in [4.69, 9.17) is 9.72 Å². The third-order valence-electron chi connectivity index (χ3n) is 3.39. The summed E-state index contributed by atoms with van der Waals surface area (Å²) in [7, 11) is 0. The fourth-order valence-corrected chi connectivity index (χ4v) is 3.23. The molecule has 100 valence electrons. The molecular formula is C15H18N2OS. The van der Waals surface area contributed by atoms with Crippen molar-refractivity contribution in [3.63, 3.8) is 0 Å². The Hall–Kier alpha value is -1.39. The number of morpholine rings is 1. The summed E-state index contributed by atoms with van der Waals surface area (Å²) in [5.41, 5.74) is 3.61. The van der Waals surface area contributed by atoms with E-state index in [1.807, 2.05) is 0 Å². The molecule has 0 unspecified atom stereocenters. The molecule has 0 N–H and O–H groups in total. The van der Waals surface area contributed by atoms with E-state index in [2.05, 4.69) is 43.0 Å². The fourth-order valence-electron chi connectivity index (χ4n) is 2.25. The summed E-state index contributed by atoms with van der Waals surface area (Å²) in [6, 6.07) is 8.59. The van der Waals surface area contributed by atoms with Crippen molar-refractivity contribution in [3.8, 4) is 11.3 Å². The number of nitrogens with zero attached hydrogens (tertiary/aromatic N) is 2. The van der Waals surface area contributed by atoms with Gasteiger partial charge in [0.05, 0.1) is 18.9 Å². The third kappa shape index (κ3) is 2.65. The molecule has 19 heavy (non-hydrogen) atoms. The molecule has 3 rings (SSSR count). The van der Waals surface area contributed by atoms with Gasteiger partial charge >= 0.3 is 0 Å². The number of anilines is 1. The Morgan fingerprint density at radius 1 is 1.11 bits per heavy atom. The van der Waals surface area contributed by atoms with Gasteiger partial charge in [0, 0.05) is 23.5 Å². The van der Waals surface area contributed by atoms with Gasteiger partial charge in [-0.2, -0.15) is 0 Å². The first-order chi connectivity index (χ1) is 9.24. The van der Waals surface area contributed by atoms with Gasteiger partial charge in [0.15, 0.2) is 5.13 Å². The number of hydrogen-bond acceptors (Lipinski definition) is 4. The van der Waals surface area contributed by atoms with Gasteiger partial charge in [-0.3, -0.25) is 0 Å². The van der Waals surface area contributed by atoms with Crippen LogP contribution in [0.3, 0.4) is 0 Å². The van der Waals surface area contributed by atoms with E-state index in [0.29, 0.717) is 0 Å². The normalized spacial score (nSPS) is 15.8. The Kier molecular flexibility index (Phi) is 3.53. The molecule has 4 heteroatoms. The summed E-state index contributed by atoms with van der Waals surface area (Å²) in [4.78, 5) is 8.42. The quantitative estimate of drug-likeness (QED) is 0.840. The maximum atomic E-state index is 5.39. The molecule has 1 saturated heterocycles. The first kappa shape index (κ1) is 12.6. The van der Waals surface area contributed by atoms with Crippen LogP contribution in [-0.2, 0) is 4.74 Å². The van der Waals surface area contributed by atoms with Gasteiger partial charge in [-0.1, -0.05) is 29.8 Å². The Morgan fingerprint density at radius 2 is 1.79 bits per heavy atom. The minimum Gasteiger partial charge on any atom is -0.378 e. The molecule has 1 aromatic heterocycles. The maximum Gasteiger partial charge on any atom is 0.186 e. The molecule has 0 bridgehead atoms. The molecule has 0 saturated carbocycles. The van der Waals surface area contributed by atoms with E-state index in [0.717, 1.165) is 37.1 Å². The van der Waals surface area contributed by atoms with Crippen LogP contribution in [0.4, 0.5) is 5.13 Å². The molecule has 0 amide bonds. The van der Waals surface area contributed by atoms with Crippen molar-refractivity contribution in [2.45, 2.75) is 13.8 Å². The number of aryl methyl sites for hydroxylation is 2. The number of aromatic nitrogens is 1. The van der Waals surface area contributed by atoms with Crippen LogP contribution < -0.4 is 4.90 Å². The van der Waals surface area contributed by atoms with Crippen LogP contribution >= 0.6 is 11.3 Å². The number of ether oxygens (including phenoxy) is 1. The van der Waals surface area contributed by atoms with Gasteiger partial charge < -0.3 is 9.64 Å². The van der Waals surface area contributed by atoms with Crippen LogP contribution in [0.2, 0.25) is 0 Å². The second-order valence-corrected chi connectivity index (χ2v) is 6.05. The lowest BCUT2D eigenvalue weighted by Gasteiger charge is -2.26. The zero-order chi connectivity index (χ0) is 13.2. The van der Waals surface area contributed by atoms with E-state index >= 15 is 0 Å². The smallest absolute Gasteiger partial charge is 0.186 e. The topological polar surface area (TPSA) is 25.4 Å². The number of benzene rings is 1. The first-order valence-electron chi connectivity index (χ1n) is 6.61. The first-order valence-corrected chi connectivity index (χ1v) is 7.43. The molecule has 2 aromatic rings. The van der Waals surface area contributed by atoms with Gasteiger partial charge in [0.1, 0.15) is 0 Å². The van der Waals surface area contributed by atoms with Crippen LogP contribution in [0.1, 0.15) is 10.4 Å². The van der Waals surface area contributed by atoms with Crippen molar-refractivity contribution < 1.29 is 4.74 Å². The summed E-state index contributed by atoms with van der Waals surface area (Å²) < 4.78 is 5.39. The minimum atomic E-state index is 0.804. The Balaban J connectivity index is 1.90. The Morgan fingerprint density at radius 3 is 2.47 bits per heavy atom. The van der Waals surface area contributed by atoms with Crippen molar-refractivity contribution in [1.29, 1.82) is 0 Å². The van der Waals surface area contributed by atoms with Gasteiger partial charge in [-0.15, -0.1) is 11.3 Å². The van der Waals surface area contributed by atoms with Gasteiger partial charge in [0.2, 0.25) is 0 Å². The lowest BCUT2D eigenvalue weighted by Crippen LogP contribution is -2.36. The fraction of sp³-hybridized carbons (Fsp3) is 0.400. The largest absolute Gasteiger partial charge is 0.378 e. The van der Waals surface area contributed by atoms with Crippen LogP contribution in [0.25, 0.3) is 11.3 Å². The van der Waals surface area contributed by atoms with Crippen LogP contribution in [-0.4, -0.2) is 31.3 Å². The molecule has 0 aliphatic carbocycles. The number of rotatable bonds is 2. The third-order valence-corrected chi connectivity index (χ3v) is 4.42. The summed E-state index contributed by atoms with van der Waals surface area (Å²) in [6.45, 7) is 7.76. The molecule has 2 heterocycles. The van der Waals surface area contributed by atoms with E-state index in [1.54, 1.807) is 11.3 Å². The number of hydrogen-bond donors (Lipinski definition) is 0. The molecule has 1 aliphatic rings. The zero-order valence-electron chi connectivity index (χ0n) is 11.3. The highest BCUT2D eigenvalue weighted by atomic mass is 32.1. The van der Waals surface area contributed by atoms with Crippen LogP contribution in [0.5, 0.6) is 0 Å². The number of thiazole rings is 1. The van der Waals surface area contributed by atoms with E-state index in [-0.39, 0.29) is 0 Å². The second kappa shape index (κ2) is 5.31. The molecular weight excluding hydrogens is 256 g/mol. The highest BCUT2D eigenvalue weighted by Crippen LogP contribution is 2.32. The Bertz CT molecular complexity index is 556. The average molecular weight is 274 g/mol. The Labute approximate surface area is 117 Å². The summed E-state index contributed by atoms with van der Waals surface area (Å²) in [5, 5.41) is 1.12. The average Bonchev–Trinajstić information content (AvgIpc) is 2.83. The second-order valence-electron chi connectivity index (χ2n) is 4.87. The summed E-state index contributed by atoms with van der Waals surface area (Å²) in [5.74, 6) is 0. The van der Waals surface area contributed by atoms with Gasteiger partial charge in [-0.25, -0.2) is 4.98 Å². The molecule has 0 spiro atoms. The summed E-state index contributed by atoms with van der Waals surface area (Å²) in [6.07, 6.45) is 0. The molecule has 1 aromatic carbocycles. The molecule has 3 nitrogen and oxygen atoms in total. The van der Waals surface area contributed by atoms with Crippen molar-refractivity contribution >= 4 is 16.5 Å². The van der Waals surface area contributed by atoms with Crippen LogP contribution in [0, 0.1) is 13.8 Å². The molecule has 0 radical (unpaired) electrons. The highest BCUT2D eigenvalue weighted by molar-refractivity contribution is 7.16. The van der Waals surface area contributed by atoms with E-state index in [1.165, 1.54) is 16.0 Å². The van der Waals surface area contributed by atoms with E-state index < -0.39 is 0 Å². The standard InChI is InChI=1S/C15H18N2OS/c1-11-3-5-13(6-4-11)14-12(2)19-15(16-14)17-7-9-18-10-8-17/h3-6H,7-10H2,1-2H3. The van der Waals surface area contributed by atoms with Crippen molar-refractivity contribution in [2.24, 2.45) is 0 Å². The molecule has 1 aliphatic heterocycles.